The molecule has 0 aliphatic heterocycles. The van der Waals surface area contributed by atoms with E-state index < -0.39 is 12.1 Å². The van der Waals surface area contributed by atoms with Crippen molar-refractivity contribution >= 4 is 0 Å². The molecular weight excluding hydrogens is 482 g/mol. The van der Waals surface area contributed by atoms with Crippen molar-refractivity contribution in [3.63, 3.8) is 0 Å². The lowest BCUT2D eigenvalue weighted by Gasteiger charge is -2.14. The topological polar surface area (TPSA) is 77.0 Å². The van der Waals surface area contributed by atoms with Gasteiger partial charge in [-0.15, -0.1) is 0 Å². The number of nitrogens with zero attached hydrogens (tertiary/aromatic N) is 2. The summed E-state index contributed by atoms with van der Waals surface area (Å²) in [6.45, 7) is 0. The standard InChI is InChI=1S/C32H26F2N2O2/c33-30-18-22(10-16-28(30)25-11-6-23(20-35)7-12-25)4-2-1-3-5-32(37)38-27-15-17-29(31(34)19-27)26-13-8-24(21-36)9-14-26/h6-19,32,37H,1-5H2. The Balaban J connectivity index is 1.21. The zero-order valence-electron chi connectivity index (χ0n) is 20.7. The van der Waals surface area contributed by atoms with E-state index in [0.717, 1.165) is 24.0 Å². The van der Waals surface area contributed by atoms with Gasteiger partial charge in [-0.1, -0.05) is 42.8 Å². The van der Waals surface area contributed by atoms with Crippen molar-refractivity contribution in [2.24, 2.45) is 0 Å². The maximum absolute atomic E-state index is 14.6. The van der Waals surface area contributed by atoms with Crippen LogP contribution in [0.3, 0.4) is 0 Å². The van der Waals surface area contributed by atoms with Gasteiger partial charge in [0, 0.05) is 23.6 Å². The number of rotatable bonds is 10. The Morgan fingerprint density at radius 1 is 0.684 bits per heavy atom. The third-order valence-electron chi connectivity index (χ3n) is 6.31. The van der Waals surface area contributed by atoms with E-state index in [-0.39, 0.29) is 11.6 Å². The fourth-order valence-electron chi connectivity index (χ4n) is 4.24. The molecule has 4 rings (SSSR count). The molecule has 0 heterocycles. The molecule has 1 N–H and O–H groups in total. The van der Waals surface area contributed by atoms with Crippen LogP contribution in [0.15, 0.2) is 84.9 Å². The quantitative estimate of drug-likeness (QED) is 0.177. The summed E-state index contributed by atoms with van der Waals surface area (Å²) in [6, 6.07) is 27.2. The van der Waals surface area contributed by atoms with E-state index >= 15 is 0 Å². The molecule has 1 atom stereocenters. The summed E-state index contributed by atoms with van der Waals surface area (Å²) in [5, 5.41) is 28.0. The molecule has 38 heavy (non-hydrogen) atoms. The Morgan fingerprint density at radius 2 is 1.24 bits per heavy atom. The van der Waals surface area contributed by atoms with Crippen LogP contribution in [0.4, 0.5) is 8.78 Å². The predicted molar refractivity (Wildman–Crippen MR) is 142 cm³/mol. The van der Waals surface area contributed by atoms with E-state index in [1.807, 2.05) is 12.1 Å². The normalized spacial score (nSPS) is 11.4. The molecule has 0 fully saturated rings. The van der Waals surface area contributed by atoms with Gasteiger partial charge < -0.3 is 9.84 Å². The van der Waals surface area contributed by atoms with Crippen LogP contribution in [0.5, 0.6) is 5.75 Å². The van der Waals surface area contributed by atoms with E-state index in [1.165, 1.54) is 6.07 Å². The van der Waals surface area contributed by atoms with Gasteiger partial charge in [-0.2, -0.15) is 10.5 Å². The molecular formula is C32H26F2N2O2. The maximum atomic E-state index is 14.6. The molecule has 1 unspecified atom stereocenters. The van der Waals surface area contributed by atoms with Crippen LogP contribution in [0.25, 0.3) is 22.3 Å². The number of nitriles is 2. The monoisotopic (exact) mass is 508 g/mol. The average molecular weight is 509 g/mol. The van der Waals surface area contributed by atoms with E-state index in [0.29, 0.717) is 47.1 Å². The van der Waals surface area contributed by atoms with E-state index in [9.17, 15) is 13.9 Å². The average Bonchev–Trinajstić information content (AvgIpc) is 2.93. The number of hydrogen-bond donors (Lipinski definition) is 1. The SMILES string of the molecule is N#Cc1ccc(-c2ccc(CCCCCC(O)Oc3ccc(-c4ccc(C#N)cc4)c(F)c3)cc2F)cc1. The Bertz CT molecular complexity index is 1470. The van der Waals surface area contributed by atoms with E-state index in [1.54, 1.807) is 72.8 Å². The molecule has 0 aliphatic rings. The van der Waals surface area contributed by atoms with Crippen molar-refractivity contribution < 1.29 is 18.6 Å². The van der Waals surface area contributed by atoms with Crippen LogP contribution < -0.4 is 4.74 Å². The maximum Gasteiger partial charge on any atom is 0.197 e. The van der Waals surface area contributed by atoms with Gasteiger partial charge in [0.1, 0.15) is 17.4 Å². The first-order chi connectivity index (χ1) is 18.5. The molecule has 0 aromatic heterocycles. The van der Waals surface area contributed by atoms with E-state index in [4.69, 9.17) is 15.3 Å². The Kier molecular flexibility index (Phi) is 8.82. The first-order valence-corrected chi connectivity index (χ1v) is 12.4. The van der Waals surface area contributed by atoms with Crippen molar-refractivity contribution in [3.8, 4) is 40.1 Å². The molecule has 6 heteroatoms. The predicted octanol–water partition coefficient (Wildman–Crippen LogP) is 7.54. The minimum absolute atomic E-state index is 0.241. The lowest BCUT2D eigenvalue weighted by atomic mass is 9.99. The fourth-order valence-corrected chi connectivity index (χ4v) is 4.24. The van der Waals surface area contributed by atoms with Gasteiger partial charge in [0.15, 0.2) is 6.29 Å². The second kappa shape index (κ2) is 12.6. The molecule has 0 spiro atoms. The van der Waals surface area contributed by atoms with Crippen LogP contribution in [0, 0.1) is 34.3 Å². The molecule has 190 valence electrons. The summed E-state index contributed by atoms with van der Waals surface area (Å²) in [5.41, 5.74) is 4.20. The Labute approximate surface area is 221 Å². The fraction of sp³-hybridized carbons (Fsp3) is 0.188. The highest BCUT2D eigenvalue weighted by Crippen LogP contribution is 2.28. The van der Waals surface area contributed by atoms with Crippen LogP contribution in [0.1, 0.15) is 42.4 Å². The van der Waals surface area contributed by atoms with Crippen LogP contribution >= 0.6 is 0 Å². The van der Waals surface area contributed by atoms with Gasteiger partial charge >= 0.3 is 0 Å². The second-order valence-corrected chi connectivity index (χ2v) is 9.01. The zero-order chi connectivity index (χ0) is 26.9. The summed E-state index contributed by atoms with van der Waals surface area (Å²) in [6.07, 6.45) is 2.41. The number of halogens is 2. The smallest absolute Gasteiger partial charge is 0.197 e. The van der Waals surface area contributed by atoms with Crippen molar-refractivity contribution in [1.82, 2.24) is 0 Å². The largest absolute Gasteiger partial charge is 0.465 e. The molecule has 0 aliphatic carbocycles. The van der Waals surface area contributed by atoms with Crippen molar-refractivity contribution in [3.05, 3.63) is 113 Å². The van der Waals surface area contributed by atoms with Gasteiger partial charge in [0.2, 0.25) is 0 Å². The Morgan fingerprint density at radius 3 is 1.76 bits per heavy atom. The lowest BCUT2D eigenvalue weighted by Crippen LogP contribution is -2.15. The molecule has 0 bridgehead atoms. The number of aryl methyl sites for hydroxylation is 1. The highest BCUT2D eigenvalue weighted by atomic mass is 19.1. The van der Waals surface area contributed by atoms with Crippen molar-refractivity contribution in [2.75, 3.05) is 0 Å². The number of benzene rings is 4. The molecule has 4 aromatic rings. The molecule has 4 nitrogen and oxygen atoms in total. The summed E-state index contributed by atoms with van der Waals surface area (Å²) < 4.78 is 34.7. The first-order valence-electron chi connectivity index (χ1n) is 12.4. The van der Waals surface area contributed by atoms with E-state index in [2.05, 4.69) is 6.07 Å². The zero-order valence-corrected chi connectivity index (χ0v) is 20.7. The summed E-state index contributed by atoms with van der Waals surface area (Å²) in [5.74, 6) is -0.532. The second-order valence-electron chi connectivity index (χ2n) is 9.01. The van der Waals surface area contributed by atoms with Gasteiger partial charge in [0.25, 0.3) is 0 Å². The third kappa shape index (κ3) is 6.82. The minimum atomic E-state index is -1.06. The third-order valence-corrected chi connectivity index (χ3v) is 6.31. The Hall–Kier alpha value is -4.52. The number of ether oxygens (including phenoxy) is 1. The van der Waals surface area contributed by atoms with Gasteiger partial charge in [-0.3, -0.25) is 0 Å². The van der Waals surface area contributed by atoms with Crippen LogP contribution in [-0.4, -0.2) is 11.4 Å². The number of hydrogen-bond acceptors (Lipinski definition) is 4. The van der Waals surface area contributed by atoms with Gasteiger partial charge in [-0.05, 0) is 78.4 Å². The summed E-state index contributed by atoms with van der Waals surface area (Å²) >= 11 is 0. The van der Waals surface area contributed by atoms with Crippen molar-refractivity contribution in [1.29, 1.82) is 10.5 Å². The molecule has 0 amide bonds. The first kappa shape index (κ1) is 26.5. The lowest BCUT2D eigenvalue weighted by molar-refractivity contribution is -0.0247. The minimum Gasteiger partial charge on any atom is -0.465 e. The van der Waals surface area contributed by atoms with Crippen molar-refractivity contribution in [2.45, 2.75) is 38.4 Å². The van der Waals surface area contributed by atoms with Crippen LogP contribution in [0.2, 0.25) is 0 Å². The highest BCUT2D eigenvalue weighted by Gasteiger charge is 2.11. The number of unbranched alkanes of at least 4 members (excludes halogenated alkanes) is 2. The molecule has 4 aromatic carbocycles. The number of aliphatic hydroxyl groups excluding tert-OH is 1. The summed E-state index contributed by atoms with van der Waals surface area (Å²) in [7, 11) is 0. The molecule has 0 saturated carbocycles. The van der Waals surface area contributed by atoms with Crippen LogP contribution in [-0.2, 0) is 6.42 Å². The van der Waals surface area contributed by atoms with Gasteiger partial charge in [0.05, 0.1) is 23.3 Å². The summed E-state index contributed by atoms with van der Waals surface area (Å²) in [4.78, 5) is 0. The van der Waals surface area contributed by atoms with Gasteiger partial charge in [-0.25, -0.2) is 8.78 Å². The molecule has 0 radical (unpaired) electrons. The highest BCUT2D eigenvalue weighted by molar-refractivity contribution is 5.66. The molecule has 0 saturated heterocycles. The number of aliphatic hydroxyl groups is 1.